The molecule has 0 atom stereocenters. The van der Waals surface area contributed by atoms with E-state index in [2.05, 4.69) is 12.0 Å². The molecule has 0 bridgehead atoms. The molecule has 1 heterocycles. The van der Waals surface area contributed by atoms with Crippen molar-refractivity contribution < 1.29 is 4.79 Å². The minimum Gasteiger partial charge on any atom is -0.298 e. The number of hydrogen-bond acceptors (Lipinski definition) is 2. The van der Waals surface area contributed by atoms with Crippen molar-refractivity contribution in [2.75, 3.05) is 0 Å². The highest BCUT2D eigenvalue weighted by Gasteiger charge is 2.02. The second kappa shape index (κ2) is 6.38. The molecule has 0 radical (unpaired) electrons. The van der Waals surface area contributed by atoms with E-state index in [4.69, 9.17) is 0 Å². The minimum atomic E-state index is 0.712. The minimum absolute atomic E-state index is 0.712. The molecule has 0 amide bonds. The number of aromatic nitrogens is 2. The van der Waals surface area contributed by atoms with Crippen molar-refractivity contribution in [3.63, 3.8) is 0 Å². The Morgan fingerprint density at radius 3 is 2.67 bits per heavy atom. The fourth-order valence-corrected chi connectivity index (χ4v) is 1.64. The van der Waals surface area contributed by atoms with Crippen LogP contribution in [0, 0.1) is 6.92 Å². The Labute approximate surface area is 91.5 Å². The van der Waals surface area contributed by atoms with E-state index in [-0.39, 0.29) is 0 Å². The summed E-state index contributed by atoms with van der Waals surface area (Å²) in [6.45, 7) is 5.02. The molecular formula is C12H20N2O. The van der Waals surface area contributed by atoms with Crippen LogP contribution in [0.25, 0.3) is 0 Å². The van der Waals surface area contributed by atoms with Gasteiger partial charge in [-0.2, -0.15) is 5.10 Å². The zero-order valence-electron chi connectivity index (χ0n) is 9.70. The largest absolute Gasteiger partial charge is 0.298 e. The Balaban J connectivity index is 2.28. The monoisotopic (exact) mass is 208 g/mol. The lowest BCUT2D eigenvalue weighted by molar-refractivity contribution is 0.112. The summed E-state index contributed by atoms with van der Waals surface area (Å²) in [5.74, 6) is 0. The van der Waals surface area contributed by atoms with Gasteiger partial charge in [0.05, 0.1) is 11.3 Å². The first kappa shape index (κ1) is 12.0. The summed E-state index contributed by atoms with van der Waals surface area (Å²) in [6, 6.07) is 0. The van der Waals surface area contributed by atoms with Gasteiger partial charge < -0.3 is 0 Å². The number of nitrogens with zero attached hydrogens (tertiary/aromatic N) is 2. The number of rotatable bonds is 7. The molecule has 84 valence electrons. The molecule has 15 heavy (non-hydrogen) atoms. The first-order valence-electron chi connectivity index (χ1n) is 5.77. The number of hydrogen-bond donors (Lipinski definition) is 0. The van der Waals surface area contributed by atoms with E-state index in [1.165, 1.54) is 25.7 Å². The maximum atomic E-state index is 10.6. The Bertz CT molecular complexity index is 305. The predicted molar refractivity (Wildman–Crippen MR) is 61.1 cm³/mol. The van der Waals surface area contributed by atoms with Gasteiger partial charge in [0.25, 0.3) is 0 Å². The second-order valence-corrected chi connectivity index (χ2v) is 3.96. The van der Waals surface area contributed by atoms with Crippen LogP contribution in [0.1, 0.15) is 55.1 Å². The Morgan fingerprint density at radius 1 is 1.33 bits per heavy atom. The lowest BCUT2D eigenvalue weighted by Gasteiger charge is -2.00. The summed E-state index contributed by atoms with van der Waals surface area (Å²) in [4.78, 5) is 10.6. The molecule has 0 N–H and O–H groups in total. The van der Waals surface area contributed by atoms with Crippen LogP contribution in [0.15, 0.2) is 6.20 Å². The summed E-state index contributed by atoms with van der Waals surface area (Å²) < 4.78 is 1.88. The fraction of sp³-hybridized carbons (Fsp3) is 0.667. The third-order valence-corrected chi connectivity index (χ3v) is 2.60. The van der Waals surface area contributed by atoms with Crippen LogP contribution >= 0.6 is 0 Å². The molecule has 0 aliphatic carbocycles. The van der Waals surface area contributed by atoms with Gasteiger partial charge in [0.15, 0.2) is 6.29 Å². The number of carbonyl (C=O) groups is 1. The normalized spacial score (nSPS) is 10.5. The molecule has 1 aromatic heterocycles. The maximum Gasteiger partial charge on any atom is 0.153 e. The SMILES string of the molecule is CCCCCCCn1cc(C=O)c(C)n1. The fourth-order valence-electron chi connectivity index (χ4n) is 1.64. The van der Waals surface area contributed by atoms with E-state index >= 15 is 0 Å². The number of aryl methyl sites for hydroxylation is 2. The molecule has 1 aromatic rings. The number of carbonyl (C=O) groups excluding carboxylic acids is 1. The Morgan fingerprint density at radius 2 is 2.07 bits per heavy atom. The Kier molecular flexibility index (Phi) is 5.08. The average Bonchev–Trinajstić information content (AvgIpc) is 2.59. The average molecular weight is 208 g/mol. The summed E-state index contributed by atoms with van der Waals surface area (Å²) in [5, 5.41) is 4.28. The van der Waals surface area contributed by atoms with Crippen molar-refractivity contribution in [1.82, 2.24) is 9.78 Å². The Hall–Kier alpha value is -1.12. The predicted octanol–water partition coefficient (Wildman–Crippen LogP) is 2.97. The standard InChI is InChI=1S/C12H20N2O/c1-3-4-5-6-7-8-14-9-12(10-15)11(2)13-14/h9-10H,3-8H2,1-2H3. The topological polar surface area (TPSA) is 34.9 Å². The number of aldehydes is 1. The zero-order chi connectivity index (χ0) is 11.1. The van der Waals surface area contributed by atoms with Gasteiger partial charge >= 0.3 is 0 Å². The molecular weight excluding hydrogens is 188 g/mol. The van der Waals surface area contributed by atoms with Gasteiger partial charge in [-0.05, 0) is 13.3 Å². The smallest absolute Gasteiger partial charge is 0.153 e. The first-order valence-corrected chi connectivity index (χ1v) is 5.77. The third-order valence-electron chi connectivity index (χ3n) is 2.60. The molecule has 0 fully saturated rings. The van der Waals surface area contributed by atoms with Crippen LogP contribution < -0.4 is 0 Å². The second-order valence-electron chi connectivity index (χ2n) is 3.96. The van der Waals surface area contributed by atoms with Gasteiger partial charge in [0.1, 0.15) is 0 Å². The van der Waals surface area contributed by atoms with Gasteiger partial charge in [-0.15, -0.1) is 0 Å². The molecule has 1 rings (SSSR count). The van der Waals surface area contributed by atoms with Crippen molar-refractivity contribution in [3.05, 3.63) is 17.5 Å². The van der Waals surface area contributed by atoms with Crippen LogP contribution in [-0.2, 0) is 6.54 Å². The van der Waals surface area contributed by atoms with E-state index in [0.29, 0.717) is 5.56 Å². The van der Waals surface area contributed by atoms with Gasteiger partial charge in [-0.1, -0.05) is 32.6 Å². The van der Waals surface area contributed by atoms with Crippen molar-refractivity contribution in [1.29, 1.82) is 0 Å². The summed E-state index contributed by atoms with van der Waals surface area (Å²) in [6.07, 6.45) is 9.01. The molecule has 0 aliphatic rings. The van der Waals surface area contributed by atoms with E-state index in [1.807, 2.05) is 17.8 Å². The highest BCUT2D eigenvalue weighted by Crippen LogP contribution is 2.06. The lowest BCUT2D eigenvalue weighted by Crippen LogP contribution is -1.98. The van der Waals surface area contributed by atoms with Gasteiger partial charge in [0.2, 0.25) is 0 Å². The lowest BCUT2D eigenvalue weighted by atomic mass is 10.1. The molecule has 3 nitrogen and oxygen atoms in total. The zero-order valence-corrected chi connectivity index (χ0v) is 9.70. The maximum absolute atomic E-state index is 10.6. The van der Waals surface area contributed by atoms with Crippen molar-refractivity contribution >= 4 is 6.29 Å². The van der Waals surface area contributed by atoms with Gasteiger partial charge in [-0.25, -0.2) is 0 Å². The van der Waals surface area contributed by atoms with Crippen molar-refractivity contribution in [2.24, 2.45) is 0 Å². The summed E-state index contributed by atoms with van der Waals surface area (Å²) >= 11 is 0. The van der Waals surface area contributed by atoms with E-state index in [0.717, 1.165) is 24.9 Å². The van der Waals surface area contributed by atoms with E-state index < -0.39 is 0 Å². The summed E-state index contributed by atoms with van der Waals surface area (Å²) in [7, 11) is 0. The van der Waals surface area contributed by atoms with Gasteiger partial charge in [-0.3, -0.25) is 9.48 Å². The summed E-state index contributed by atoms with van der Waals surface area (Å²) in [5.41, 5.74) is 1.54. The highest BCUT2D eigenvalue weighted by atomic mass is 16.1. The van der Waals surface area contributed by atoms with Crippen LogP contribution in [-0.4, -0.2) is 16.1 Å². The molecule has 0 aromatic carbocycles. The molecule has 0 aliphatic heterocycles. The molecule has 0 saturated carbocycles. The molecule has 0 unspecified atom stereocenters. The van der Waals surface area contributed by atoms with E-state index in [9.17, 15) is 4.79 Å². The van der Waals surface area contributed by atoms with Crippen LogP contribution in [0.3, 0.4) is 0 Å². The molecule has 0 spiro atoms. The van der Waals surface area contributed by atoms with E-state index in [1.54, 1.807) is 0 Å². The quantitative estimate of drug-likeness (QED) is 0.510. The molecule has 3 heteroatoms. The highest BCUT2D eigenvalue weighted by molar-refractivity contribution is 5.75. The van der Waals surface area contributed by atoms with Crippen LogP contribution in [0.4, 0.5) is 0 Å². The van der Waals surface area contributed by atoms with Crippen LogP contribution in [0.5, 0.6) is 0 Å². The molecule has 0 saturated heterocycles. The van der Waals surface area contributed by atoms with Crippen molar-refractivity contribution in [2.45, 2.75) is 52.5 Å². The third kappa shape index (κ3) is 3.86. The van der Waals surface area contributed by atoms with Gasteiger partial charge in [0, 0.05) is 12.7 Å². The van der Waals surface area contributed by atoms with Crippen molar-refractivity contribution in [3.8, 4) is 0 Å². The first-order chi connectivity index (χ1) is 7.27. The number of unbranched alkanes of at least 4 members (excludes halogenated alkanes) is 4. The van der Waals surface area contributed by atoms with Crippen LogP contribution in [0.2, 0.25) is 0 Å².